The highest BCUT2D eigenvalue weighted by Crippen LogP contribution is 2.48. The second-order valence-corrected chi connectivity index (χ2v) is 6.80. The third-order valence-corrected chi connectivity index (χ3v) is 5.41. The molecular weight excluding hydrogens is 306 g/mol. The third-order valence-electron chi connectivity index (χ3n) is 5.41. The number of carbonyl (C=O) groups is 1. The van der Waals surface area contributed by atoms with E-state index in [1.54, 1.807) is 7.11 Å². The summed E-state index contributed by atoms with van der Waals surface area (Å²) in [6.07, 6.45) is 3.61. The molecule has 0 unspecified atom stereocenters. The molecule has 2 fully saturated rings. The molecule has 1 saturated heterocycles. The number of para-hydroxylation sites is 2. The van der Waals surface area contributed by atoms with Crippen molar-refractivity contribution in [3.05, 3.63) is 24.3 Å². The van der Waals surface area contributed by atoms with Crippen LogP contribution in [0, 0.1) is 11.3 Å². The minimum Gasteiger partial charge on any atom is -0.493 e. The van der Waals surface area contributed by atoms with Gasteiger partial charge in [0.2, 0.25) is 0 Å². The number of likely N-dealkylation sites (tertiary alicyclic amines) is 1. The molecule has 24 heavy (non-hydrogen) atoms. The number of hydrogen-bond acceptors (Lipinski definition) is 4. The van der Waals surface area contributed by atoms with E-state index in [1.165, 1.54) is 12.8 Å². The summed E-state index contributed by atoms with van der Waals surface area (Å²) in [6.45, 7) is 5.22. The Labute approximate surface area is 143 Å². The summed E-state index contributed by atoms with van der Waals surface area (Å²) >= 11 is 0. The lowest BCUT2D eigenvalue weighted by Crippen LogP contribution is -2.37. The van der Waals surface area contributed by atoms with Crippen molar-refractivity contribution >= 4 is 5.91 Å². The number of benzene rings is 1. The number of fused-ring (bicyclic) bond motifs is 1. The second-order valence-electron chi connectivity index (χ2n) is 6.80. The van der Waals surface area contributed by atoms with Crippen LogP contribution in [-0.2, 0) is 9.53 Å². The Morgan fingerprint density at radius 1 is 1.33 bits per heavy atom. The molecule has 2 atom stereocenters. The molecule has 0 N–H and O–H groups in total. The van der Waals surface area contributed by atoms with Gasteiger partial charge in [0.15, 0.2) is 18.1 Å². The van der Waals surface area contributed by atoms with Crippen LogP contribution >= 0.6 is 0 Å². The quantitative estimate of drug-likeness (QED) is 0.770. The van der Waals surface area contributed by atoms with Gasteiger partial charge in [0, 0.05) is 25.1 Å². The predicted octanol–water partition coefficient (Wildman–Crippen LogP) is 2.74. The van der Waals surface area contributed by atoms with Gasteiger partial charge in [-0.2, -0.15) is 0 Å². The number of carbonyl (C=O) groups excluding carboxylic acids is 1. The average molecular weight is 333 g/mol. The molecule has 2 aliphatic rings. The number of nitrogens with zero attached hydrogens (tertiary/aromatic N) is 1. The largest absolute Gasteiger partial charge is 0.493 e. The molecular formula is C19H27NO4. The maximum atomic E-state index is 12.6. The van der Waals surface area contributed by atoms with Crippen LogP contribution in [0.4, 0.5) is 0 Å². The van der Waals surface area contributed by atoms with Crippen molar-refractivity contribution in [3.63, 3.8) is 0 Å². The second kappa shape index (κ2) is 7.43. The molecule has 1 heterocycles. The molecule has 132 valence electrons. The van der Waals surface area contributed by atoms with E-state index in [4.69, 9.17) is 14.2 Å². The van der Waals surface area contributed by atoms with Crippen molar-refractivity contribution in [2.75, 3.05) is 40.0 Å². The maximum absolute atomic E-state index is 12.6. The van der Waals surface area contributed by atoms with E-state index in [-0.39, 0.29) is 17.9 Å². The van der Waals surface area contributed by atoms with Gasteiger partial charge < -0.3 is 19.1 Å². The van der Waals surface area contributed by atoms with Crippen LogP contribution in [0.25, 0.3) is 0 Å². The average Bonchev–Trinajstić information content (AvgIpc) is 3.15. The van der Waals surface area contributed by atoms with Crippen molar-refractivity contribution in [2.24, 2.45) is 11.3 Å². The molecule has 1 saturated carbocycles. The molecule has 3 rings (SSSR count). The van der Waals surface area contributed by atoms with Crippen LogP contribution in [0.1, 0.15) is 26.2 Å². The Hall–Kier alpha value is -1.75. The summed E-state index contributed by atoms with van der Waals surface area (Å²) in [6, 6.07) is 7.41. The lowest BCUT2D eigenvalue weighted by Gasteiger charge is -2.28. The number of methoxy groups -OCH3 is 1. The Bertz CT molecular complexity index is 576. The van der Waals surface area contributed by atoms with Crippen LogP contribution in [0.5, 0.6) is 11.5 Å². The first-order chi connectivity index (χ1) is 11.7. The van der Waals surface area contributed by atoms with Crippen molar-refractivity contribution in [1.82, 2.24) is 4.90 Å². The normalized spacial score (nSPS) is 25.6. The highest BCUT2D eigenvalue weighted by molar-refractivity contribution is 5.78. The molecule has 1 aromatic carbocycles. The van der Waals surface area contributed by atoms with Crippen LogP contribution < -0.4 is 9.47 Å². The fourth-order valence-corrected chi connectivity index (χ4v) is 4.11. The Kier molecular flexibility index (Phi) is 5.29. The molecule has 1 aliphatic carbocycles. The van der Waals surface area contributed by atoms with Gasteiger partial charge in [-0.1, -0.05) is 18.6 Å². The topological polar surface area (TPSA) is 48.0 Å². The molecule has 1 amide bonds. The van der Waals surface area contributed by atoms with Crippen molar-refractivity contribution in [3.8, 4) is 11.5 Å². The number of hydrogen-bond donors (Lipinski definition) is 0. The van der Waals surface area contributed by atoms with Gasteiger partial charge in [-0.25, -0.2) is 0 Å². The van der Waals surface area contributed by atoms with Crippen molar-refractivity contribution < 1.29 is 19.0 Å². The number of ether oxygens (including phenoxy) is 3. The summed E-state index contributed by atoms with van der Waals surface area (Å²) in [7, 11) is 1.60. The van der Waals surface area contributed by atoms with E-state index in [0.29, 0.717) is 17.4 Å². The number of amides is 1. The Morgan fingerprint density at radius 3 is 2.88 bits per heavy atom. The first-order valence-electron chi connectivity index (χ1n) is 8.80. The minimum atomic E-state index is 0.0474. The lowest BCUT2D eigenvalue weighted by molar-refractivity contribution is -0.133. The molecule has 1 aromatic rings. The van der Waals surface area contributed by atoms with Gasteiger partial charge in [0.1, 0.15) is 0 Å². The minimum absolute atomic E-state index is 0.0474. The maximum Gasteiger partial charge on any atom is 0.260 e. The Balaban J connectivity index is 1.58. The van der Waals surface area contributed by atoms with E-state index >= 15 is 0 Å². The molecule has 1 aliphatic heterocycles. The van der Waals surface area contributed by atoms with Crippen LogP contribution in [0.15, 0.2) is 24.3 Å². The molecule has 0 bridgehead atoms. The number of rotatable bonds is 7. The van der Waals surface area contributed by atoms with Gasteiger partial charge in [-0.3, -0.25) is 4.79 Å². The van der Waals surface area contributed by atoms with E-state index in [0.717, 1.165) is 32.7 Å². The highest BCUT2D eigenvalue weighted by Gasteiger charge is 2.50. The fourth-order valence-electron chi connectivity index (χ4n) is 4.11. The summed E-state index contributed by atoms with van der Waals surface area (Å²) in [4.78, 5) is 14.5. The van der Waals surface area contributed by atoms with Crippen LogP contribution in [-0.4, -0.2) is 50.8 Å². The first kappa shape index (κ1) is 17.1. The van der Waals surface area contributed by atoms with E-state index in [1.807, 2.05) is 36.1 Å². The van der Waals surface area contributed by atoms with Crippen molar-refractivity contribution in [2.45, 2.75) is 26.2 Å². The van der Waals surface area contributed by atoms with Crippen LogP contribution in [0.2, 0.25) is 0 Å². The fraction of sp³-hybridized carbons (Fsp3) is 0.632. The zero-order chi connectivity index (χ0) is 17.0. The summed E-state index contributed by atoms with van der Waals surface area (Å²) in [5, 5.41) is 0. The van der Waals surface area contributed by atoms with Gasteiger partial charge in [-0.15, -0.1) is 0 Å². The molecule has 5 heteroatoms. The van der Waals surface area contributed by atoms with Crippen LogP contribution in [0.3, 0.4) is 0 Å². The third kappa shape index (κ3) is 3.36. The van der Waals surface area contributed by atoms with E-state index in [2.05, 4.69) is 0 Å². The monoisotopic (exact) mass is 333 g/mol. The molecule has 0 radical (unpaired) electrons. The zero-order valence-corrected chi connectivity index (χ0v) is 14.6. The van der Waals surface area contributed by atoms with Gasteiger partial charge >= 0.3 is 0 Å². The summed E-state index contributed by atoms with van der Waals surface area (Å²) in [5.41, 5.74) is 0.163. The van der Waals surface area contributed by atoms with E-state index < -0.39 is 0 Å². The Morgan fingerprint density at radius 2 is 2.12 bits per heavy atom. The zero-order valence-electron chi connectivity index (χ0n) is 14.6. The van der Waals surface area contributed by atoms with Gasteiger partial charge in [-0.05, 0) is 37.8 Å². The smallest absolute Gasteiger partial charge is 0.260 e. The lowest BCUT2D eigenvalue weighted by atomic mass is 9.82. The SMILES string of the molecule is CCOC[C@]12CCC[C@H]1CN(C(=O)COc1ccccc1OC)C2. The first-order valence-corrected chi connectivity index (χ1v) is 8.80. The highest BCUT2D eigenvalue weighted by atomic mass is 16.5. The van der Waals surface area contributed by atoms with Gasteiger partial charge in [0.25, 0.3) is 5.91 Å². The summed E-state index contributed by atoms with van der Waals surface area (Å²) in [5.74, 6) is 1.87. The van der Waals surface area contributed by atoms with E-state index in [9.17, 15) is 4.79 Å². The molecule has 0 aromatic heterocycles. The molecule has 0 spiro atoms. The predicted molar refractivity (Wildman–Crippen MR) is 91.3 cm³/mol. The molecule has 5 nitrogen and oxygen atoms in total. The standard InChI is InChI=1S/C19H27NO4/c1-3-23-14-19-10-6-7-15(19)11-20(13-19)18(21)12-24-17-9-5-4-8-16(17)22-2/h4-5,8-9,15H,3,6-7,10-14H2,1-2H3/t15-,19+/m0/s1. The van der Waals surface area contributed by atoms with Gasteiger partial charge in [0.05, 0.1) is 13.7 Å². The van der Waals surface area contributed by atoms with Crippen molar-refractivity contribution in [1.29, 1.82) is 0 Å². The summed E-state index contributed by atoms with van der Waals surface area (Å²) < 4.78 is 16.7.